The molecule has 0 radical (unpaired) electrons. The summed E-state index contributed by atoms with van der Waals surface area (Å²) in [5, 5.41) is 85.0. The van der Waals surface area contributed by atoms with E-state index in [2.05, 4.69) is 51.5 Å². The number of aromatic nitrogens is 5. The topological polar surface area (TPSA) is 383 Å². The Morgan fingerprint density at radius 1 is 0.500 bits per heavy atom. The van der Waals surface area contributed by atoms with E-state index in [9.17, 15) is 14.4 Å². The molecule has 5 aromatic rings. The number of pyridine rings is 5. The molecular weight excluding hydrogens is 1150 g/mol. The molecule has 0 saturated carbocycles. The minimum absolute atomic E-state index is 0.0119. The molecule has 1 atom stereocenters. The second kappa shape index (κ2) is 39.6. The smallest absolute Gasteiger partial charge is 0.308 e. The van der Waals surface area contributed by atoms with Crippen LogP contribution in [0.5, 0.6) is 0 Å². The quantitative estimate of drug-likeness (QED) is 0.0193. The van der Waals surface area contributed by atoms with Crippen molar-refractivity contribution < 1.29 is 43.9 Å². The molecule has 0 aliphatic carbocycles. The summed E-state index contributed by atoms with van der Waals surface area (Å²) in [4.78, 5) is 54.7. The van der Waals surface area contributed by atoms with Gasteiger partial charge in [0.15, 0.2) is 0 Å². The first kappa shape index (κ1) is 75.1. The molecule has 26 heteroatoms. The summed E-state index contributed by atoms with van der Waals surface area (Å²) in [6, 6.07) is 19.8. The summed E-state index contributed by atoms with van der Waals surface area (Å²) in [5.74, 6) is 2.32. The van der Waals surface area contributed by atoms with Crippen LogP contribution in [0.1, 0.15) is 133 Å². The summed E-state index contributed by atoms with van der Waals surface area (Å²) in [7, 11) is 0. The van der Waals surface area contributed by atoms with Crippen molar-refractivity contribution in [2.45, 2.75) is 131 Å². The number of esters is 3. The van der Waals surface area contributed by atoms with Gasteiger partial charge in [-0.05, 0) is 137 Å². The summed E-state index contributed by atoms with van der Waals surface area (Å²) < 4.78 is 15.6. The maximum Gasteiger partial charge on any atom is 0.308 e. The van der Waals surface area contributed by atoms with E-state index >= 15 is 0 Å². The zero-order valence-electron chi connectivity index (χ0n) is 50.4. The molecule has 0 aliphatic rings. The minimum atomic E-state index is -0.799. The predicted octanol–water partition coefficient (Wildman–Crippen LogP) is 9.07. The fraction of sp³-hybridized carbons (Fsp3) is 0.450. The highest BCUT2D eigenvalue weighted by Crippen LogP contribution is 2.21. The molecule has 0 aliphatic heterocycles. The Bertz CT molecular complexity index is 3060. The standard InChI is InChI=1S/C15H21N3O2.C14H18ClN3O2.C14H19N3O2.C9H11N3O2.C8H8ClN3O/c1-11-8-12(9-16)10-18-14(11)17-7-5-6-13(19)20-15(2,3)4;1-14(2,3)20-12(19)5-4-6-17-13-11(15)7-10(8-16)9-18-13;1-10-7-11(8-15)9-17-13(10)16-6-5-12(18)19-14(2,3)4;10-3-7-1-2-9(11-4-7)12-5-8(14)6-13;9-7-3-6(4-10)5-12-8(7)11-1-2-13/h8,10H,5-7H2,1-4H3,(H,17,18);7,9H,4-6H2,1-3H3,(H,17,18);7,9H,5-6H2,1-4H3,(H,16,17);1-2,4,8,13-14H,5-6H2,(H,11,12);3,5,13H,1-2H2,(H,11,12). The summed E-state index contributed by atoms with van der Waals surface area (Å²) in [6.07, 6.45) is 8.82. The molecule has 0 amide bonds. The lowest BCUT2D eigenvalue weighted by molar-refractivity contribution is -0.156. The SMILES string of the molecule is CC(C)(C)OC(=O)CCCNc1ncc(C#N)cc1Cl.Cc1cc(C#N)cnc1NCCC(=O)OC(C)(C)C.Cc1cc(C#N)cnc1NCCCC(=O)OC(C)(C)C.N#Cc1ccc(NCC(O)CO)nc1.N#Cc1cnc(NCCO)c(Cl)c1. The van der Waals surface area contributed by atoms with E-state index in [1.165, 1.54) is 37.1 Å². The largest absolute Gasteiger partial charge is 0.460 e. The maximum atomic E-state index is 11.5. The van der Waals surface area contributed by atoms with Gasteiger partial charge in [-0.25, -0.2) is 24.9 Å². The molecular formula is C60H77Cl2N15O9. The number of rotatable bonds is 21. The number of carbonyl (C=O) groups excluding carboxylic acids is 3. The Hall–Kier alpha value is -8.93. The molecule has 0 saturated heterocycles. The van der Waals surface area contributed by atoms with Crippen LogP contribution < -0.4 is 26.6 Å². The van der Waals surface area contributed by atoms with Gasteiger partial charge in [-0.15, -0.1) is 0 Å². The van der Waals surface area contributed by atoms with E-state index in [-0.39, 0.29) is 44.1 Å². The van der Waals surface area contributed by atoms with Crippen molar-refractivity contribution in [3.8, 4) is 30.3 Å². The number of aliphatic hydroxyl groups is 3. The monoisotopic (exact) mass is 1220 g/mol. The van der Waals surface area contributed by atoms with Gasteiger partial charge in [-0.2, -0.15) is 26.3 Å². The fourth-order valence-electron chi connectivity index (χ4n) is 6.27. The number of aliphatic hydroxyl groups excluding tert-OH is 3. The molecule has 0 fully saturated rings. The highest BCUT2D eigenvalue weighted by atomic mass is 35.5. The number of hydrogen-bond acceptors (Lipinski definition) is 24. The molecule has 24 nitrogen and oxygen atoms in total. The van der Waals surface area contributed by atoms with Crippen molar-refractivity contribution in [3.63, 3.8) is 0 Å². The molecule has 1 unspecified atom stereocenters. The summed E-state index contributed by atoms with van der Waals surface area (Å²) in [5.41, 5.74) is 2.83. The zero-order chi connectivity index (χ0) is 64.9. The third kappa shape index (κ3) is 34.6. The number of nitrogens with zero attached hydrogens (tertiary/aromatic N) is 10. The number of hydrogen-bond donors (Lipinski definition) is 8. The van der Waals surface area contributed by atoms with Gasteiger partial charge in [0, 0.05) is 76.5 Å². The van der Waals surface area contributed by atoms with Crippen LogP contribution in [-0.2, 0) is 28.6 Å². The van der Waals surface area contributed by atoms with Gasteiger partial charge in [0.05, 0.1) is 63.6 Å². The number of nitriles is 5. The van der Waals surface area contributed by atoms with Crippen LogP contribution >= 0.6 is 23.2 Å². The van der Waals surface area contributed by atoms with Crippen molar-refractivity contribution in [1.29, 1.82) is 26.3 Å². The molecule has 5 rings (SSSR count). The lowest BCUT2D eigenvalue weighted by Crippen LogP contribution is -2.25. The maximum absolute atomic E-state index is 11.5. The molecule has 5 aromatic heterocycles. The lowest BCUT2D eigenvalue weighted by Gasteiger charge is -2.19. The van der Waals surface area contributed by atoms with Gasteiger partial charge >= 0.3 is 17.9 Å². The Balaban J connectivity index is 0.000000543. The molecule has 0 aromatic carbocycles. The van der Waals surface area contributed by atoms with Gasteiger partial charge in [0.1, 0.15) is 76.2 Å². The third-order valence-corrected chi connectivity index (χ3v) is 10.5. The van der Waals surface area contributed by atoms with Gasteiger partial charge in [-0.3, -0.25) is 14.4 Å². The number of ether oxygens (including phenoxy) is 3. The van der Waals surface area contributed by atoms with Crippen LogP contribution in [0.15, 0.2) is 67.4 Å². The van der Waals surface area contributed by atoms with Crippen LogP contribution in [0.25, 0.3) is 0 Å². The highest BCUT2D eigenvalue weighted by Gasteiger charge is 2.18. The first-order valence-electron chi connectivity index (χ1n) is 26.9. The number of aryl methyl sites for hydroxylation is 2. The van der Waals surface area contributed by atoms with Crippen LogP contribution in [0.4, 0.5) is 29.1 Å². The third-order valence-electron chi connectivity index (χ3n) is 9.96. The Labute approximate surface area is 513 Å². The molecule has 86 heavy (non-hydrogen) atoms. The molecule has 5 heterocycles. The minimum Gasteiger partial charge on any atom is -0.460 e. The Kier molecular flexibility index (Phi) is 34.6. The number of carbonyl (C=O) groups is 3. The average Bonchev–Trinajstić information content (AvgIpc) is 3.57. The van der Waals surface area contributed by atoms with E-state index in [0.29, 0.717) is 113 Å². The van der Waals surface area contributed by atoms with Crippen LogP contribution in [0.2, 0.25) is 10.0 Å². The van der Waals surface area contributed by atoms with E-state index < -0.39 is 22.9 Å². The fourth-order valence-corrected chi connectivity index (χ4v) is 6.73. The molecule has 0 spiro atoms. The average molecular weight is 1220 g/mol. The van der Waals surface area contributed by atoms with E-state index in [4.69, 9.17) is 79.0 Å². The first-order valence-corrected chi connectivity index (χ1v) is 27.7. The van der Waals surface area contributed by atoms with Gasteiger partial charge in [0.25, 0.3) is 0 Å². The molecule has 8 N–H and O–H groups in total. The van der Waals surface area contributed by atoms with Crippen molar-refractivity contribution in [2.75, 3.05) is 72.5 Å². The summed E-state index contributed by atoms with van der Waals surface area (Å²) in [6.45, 7) is 22.3. The predicted molar refractivity (Wildman–Crippen MR) is 328 cm³/mol. The normalized spacial score (nSPS) is 10.7. The Morgan fingerprint density at radius 2 is 0.849 bits per heavy atom. The van der Waals surface area contributed by atoms with E-state index in [1.54, 1.807) is 30.3 Å². The van der Waals surface area contributed by atoms with Crippen molar-refractivity contribution in [1.82, 2.24) is 24.9 Å². The van der Waals surface area contributed by atoms with Crippen LogP contribution in [-0.4, -0.2) is 127 Å². The van der Waals surface area contributed by atoms with Crippen LogP contribution in [0, 0.1) is 70.5 Å². The van der Waals surface area contributed by atoms with Gasteiger partial charge in [0.2, 0.25) is 0 Å². The van der Waals surface area contributed by atoms with E-state index in [0.717, 1.165) is 16.9 Å². The number of halogens is 2. The van der Waals surface area contributed by atoms with Crippen LogP contribution in [0.3, 0.4) is 0 Å². The van der Waals surface area contributed by atoms with Gasteiger partial charge < -0.3 is 56.1 Å². The molecule has 460 valence electrons. The molecule has 0 bridgehead atoms. The van der Waals surface area contributed by atoms with Crippen molar-refractivity contribution in [3.05, 3.63) is 116 Å². The van der Waals surface area contributed by atoms with E-state index in [1.807, 2.05) is 107 Å². The lowest BCUT2D eigenvalue weighted by atomic mass is 10.2. The summed E-state index contributed by atoms with van der Waals surface area (Å²) >= 11 is 11.8. The van der Waals surface area contributed by atoms with Crippen molar-refractivity contribution >= 4 is 70.2 Å². The second-order valence-corrected chi connectivity index (χ2v) is 22.1. The van der Waals surface area contributed by atoms with Gasteiger partial charge in [-0.1, -0.05) is 23.2 Å². The van der Waals surface area contributed by atoms with Crippen molar-refractivity contribution in [2.24, 2.45) is 0 Å². The highest BCUT2D eigenvalue weighted by molar-refractivity contribution is 6.33. The first-order chi connectivity index (χ1) is 40.5. The number of nitrogens with one attached hydrogen (secondary N) is 5. The zero-order valence-corrected chi connectivity index (χ0v) is 51.9. The number of anilines is 5. The second-order valence-electron chi connectivity index (χ2n) is 21.2. The Morgan fingerprint density at radius 3 is 1.19 bits per heavy atom.